The Morgan fingerprint density at radius 1 is 0.962 bits per heavy atom. The first-order valence-corrected chi connectivity index (χ1v) is 8.18. The third-order valence-electron chi connectivity index (χ3n) is 3.57. The fraction of sp³-hybridized carbons (Fsp3) is 0.300. The summed E-state index contributed by atoms with van der Waals surface area (Å²) in [4.78, 5) is 23.4. The Morgan fingerprint density at radius 3 is 2.15 bits per heavy atom. The monoisotopic (exact) mass is 359 g/mol. The first-order chi connectivity index (χ1) is 12.2. The minimum absolute atomic E-state index is 0.0303. The minimum atomic E-state index is -0.687. The molecule has 0 radical (unpaired) electrons. The first-order valence-electron chi connectivity index (χ1n) is 8.18. The zero-order valence-corrected chi connectivity index (χ0v) is 15.0. The highest BCUT2D eigenvalue weighted by Gasteiger charge is 2.13. The topological polar surface area (TPSA) is 64.6 Å². The molecule has 0 fully saturated rings. The number of ether oxygens (including phenoxy) is 2. The molecule has 0 saturated heterocycles. The summed E-state index contributed by atoms with van der Waals surface area (Å²) < 4.78 is 22.8. The number of amides is 1. The highest BCUT2D eigenvalue weighted by molar-refractivity contribution is 5.92. The van der Waals surface area contributed by atoms with Crippen molar-refractivity contribution < 1.29 is 23.5 Å². The largest absolute Gasteiger partial charge is 0.482 e. The van der Waals surface area contributed by atoms with Crippen LogP contribution in [-0.4, -0.2) is 25.1 Å². The molecular weight excluding hydrogens is 337 g/mol. The number of hydrogen-bond acceptors (Lipinski definition) is 4. The van der Waals surface area contributed by atoms with Crippen molar-refractivity contribution in [3.05, 3.63) is 59.9 Å². The Morgan fingerprint density at radius 2 is 1.58 bits per heavy atom. The second kappa shape index (κ2) is 8.47. The zero-order valence-electron chi connectivity index (χ0n) is 15.0. The summed E-state index contributed by atoms with van der Waals surface area (Å²) in [6.07, 6.45) is 0. The molecule has 138 valence electrons. The van der Waals surface area contributed by atoms with Crippen LogP contribution in [-0.2, 0) is 19.7 Å². The zero-order chi connectivity index (χ0) is 19.2. The van der Waals surface area contributed by atoms with Crippen molar-refractivity contribution in [1.29, 1.82) is 0 Å². The molecule has 5 nitrogen and oxygen atoms in total. The summed E-state index contributed by atoms with van der Waals surface area (Å²) in [6, 6.07) is 12.7. The molecule has 0 bridgehead atoms. The van der Waals surface area contributed by atoms with Crippen molar-refractivity contribution in [1.82, 2.24) is 0 Å². The second-order valence-electron chi connectivity index (χ2n) is 6.78. The third-order valence-corrected chi connectivity index (χ3v) is 3.57. The Hall–Kier alpha value is -2.89. The van der Waals surface area contributed by atoms with E-state index in [2.05, 4.69) is 26.1 Å². The van der Waals surface area contributed by atoms with Crippen molar-refractivity contribution in [3.8, 4) is 5.75 Å². The van der Waals surface area contributed by atoms with Gasteiger partial charge >= 0.3 is 5.97 Å². The van der Waals surface area contributed by atoms with Crippen LogP contribution in [0.3, 0.4) is 0 Å². The van der Waals surface area contributed by atoms with Crippen LogP contribution >= 0.6 is 0 Å². The van der Waals surface area contributed by atoms with E-state index in [1.54, 1.807) is 12.1 Å². The van der Waals surface area contributed by atoms with E-state index in [1.807, 2.05) is 12.1 Å². The van der Waals surface area contributed by atoms with Gasteiger partial charge < -0.3 is 14.8 Å². The van der Waals surface area contributed by atoms with Crippen molar-refractivity contribution in [3.63, 3.8) is 0 Å². The normalized spacial score (nSPS) is 10.9. The van der Waals surface area contributed by atoms with Crippen molar-refractivity contribution in [2.24, 2.45) is 0 Å². The third kappa shape index (κ3) is 6.20. The van der Waals surface area contributed by atoms with Crippen molar-refractivity contribution in [2.45, 2.75) is 26.2 Å². The summed E-state index contributed by atoms with van der Waals surface area (Å²) in [5, 5.41) is 2.66. The lowest BCUT2D eigenvalue weighted by Gasteiger charge is -2.19. The Balaban J connectivity index is 1.74. The molecule has 0 unspecified atom stereocenters. The Kier molecular flexibility index (Phi) is 6.33. The SMILES string of the molecule is CC(C)(C)c1ccc(NC(=O)COC(=O)COc2ccc(F)cc2)cc1. The standard InChI is InChI=1S/C20H22FNO4/c1-20(2,3)14-4-8-16(9-5-14)22-18(23)12-26-19(24)13-25-17-10-6-15(21)7-11-17/h4-11H,12-13H2,1-3H3,(H,22,23). The molecule has 2 rings (SSSR count). The lowest BCUT2D eigenvalue weighted by Crippen LogP contribution is -2.23. The molecule has 0 aliphatic carbocycles. The number of hydrogen-bond donors (Lipinski definition) is 1. The molecule has 2 aromatic carbocycles. The molecule has 0 aliphatic rings. The lowest BCUT2D eigenvalue weighted by molar-refractivity contribution is -0.149. The van der Waals surface area contributed by atoms with Crippen molar-refractivity contribution >= 4 is 17.6 Å². The number of anilines is 1. The molecule has 1 amide bonds. The molecule has 0 saturated carbocycles. The molecule has 0 heterocycles. The average Bonchev–Trinajstić information content (AvgIpc) is 2.59. The van der Waals surface area contributed by atoms with Gasteiger partial charge in [0.25, 0.3) is 5.91 Å². The van der Waals surface area contributed by atoms with Crippen molar-refractivity contribution in [2.75, 3.05) is 18.5 Å². The number of halogens is 1. The maximum atomic E-state index is 12.8. The summed E-state index contributed by atoms with van der Waals surface area (Å²) in [6.45, 7) is 5.54. The van der Waals surface area contributed by atoms with E-state index >= 15 is 0 Å². The molecule has 1 N–H and O–H groups in total. The predicted molar refractivity (Wildman–Crippen MR) is 96.6 cm³/mol. The number of benzene rings is 2. The van der Waals surface area contributed by atoms with E-state index in [0.29, 0.717) is 11.4 Å². The number of carbonyl (C=O) groups excluding carboxylic acids is 2. The van der Waals surface area contributed by atoms with Gasteiger partial charge in [-0.3, -0.25) is 4.79 Å². The van der Waals surface area contributed by atoms with Crippen LogP contribution in [0, 0.1) is 5.82 Å². The van der Waals surface area contributed by atoms with E-state index in [0.717, 1.165) is 5.56 Å². The summed E-state index contributed by atoms with van der Waals surface area (Å²) in [5.74, 6) is -1.19. The van der Waals surface area contributed by atoms with Gasteiger partial charge in [0.05, 0.1) is 0 Å². The van der Waals surface area contributed by atoms with Crippen LogP contribution in [0.1, 0.15) is 26.3 Å². The van der Waals surface area contributed by atoms with Gasteiger partial charge in [-0.15, -0.1) is 0 Å². The van der Waals surface area contributed by atoms with Gasteiger partial charge in [-0.25, -0.2) is 9.18 Å². The first kappa shape index (κ1) is 19.4. The summed E-state index contributed by atoms with van der Waals surface area (Å²) >= 11 is 0. The Bertz CT molecular complexity index is 749. The second-order valence-corrected chi connectivity index (χ2v) is 6.78. The van der Waals surface area contributed by atoms with E-state index in [1.165, 1.54) is 24.3 Å². The van der Waals surface area contributed by atoms with Gasteiger partial charge in [-0.05, 0) is 47.4 Å². The van der Waals surface area contributed by atoms with Crippen LogP contribution in [0.4, 0.5) is 10.1 Å². The van der Waals surface area contributed by atoms with Crippen LogP contribution in [0.15, 0.2) is 48.5 Å². The van der Waals surface area contributed by atoms with Crippen LogP contribution in [0.5, 0.6) is 5.75 Å². The van der Waals surface area contributed by atoms with Gasteiger partial charge in [0, 0.05) is 5.69 Å². The number of rotatable bonds is 6. The van der Waals surface area contributed by atoms with Gasteiger partial charge in [0.2, 0.25) is 0 Å². The van der Waals surface area contributed by atoms with E-state index in [-0.39, 0.29) is 12.0 Å². The fourth-order valence-electron chi connectivity index (χ4n) is 2.11. The minimum Gasteiger partial charge on any atom is -0.482 e. The summed E-state index contributed by atoms with van der Waals surface area (Å²) in [7, 11) is 0. The van der Waals surface area contributed by atoms with Gasteiger partial charge in [0.15, 0.2) is 13.2 Å². The highest BCUT2D eigenvalue weighted by Crippen LogP contribution is 2.23. The molecule has 0 aliphatic heterocycles. The predicted octanol–water partition coefficient (Wildman–Crippen LogP) is 3.68. The number of nitrogens with one attached hydrogen (secondary N) is 1. The van der Waals surface area contributed by atoms with Gasteiger partial charge in [-0.2, -0.15) is 0 Å². The van der Waals surface area contributed by atoms with Gasteiger partial charge in [0.1, 0.15) is 11.6 Å². The van der Waals surface area contributed by atoms with Crippen LogP contribution in [0.2, 0.25) is 0 Å². The molecule has 0 atom stereocenters. The smallest absolute Gasteiger partial charge is 0.344 e. The molecule has 26 heavy (non-hydrogen) atoms. The van der Waals surface area contributed by atoms with Crippen LogP contribution in [0.25, 0.3) is 0 Å². The van der Waals surface area contributed by atoms with E-state index < -0.39 is 24.3 Å². The molecule has 2 aromatic rings. The lowest BCUT2D eigenvalue weighted by atomic mass is 9.87. The van der Waals surface area contributed by atoms with E-state index in [9.17, 15) is 14.0 Å². The molecule has 0 aromatic heterocycles. The van der Waals surface area contributed by atoms with Crippen LogP contribution < -0.4 is 10.1 Å². The van der Waals surface area contributed by atoms with E-state index in [4.69, 9.17) is 9.47 Å². The number of carbonyl (C=O) groups is 2. The quantitative estimate of drug-likeness (QED) is 0.799. The highest BCUT2D eigenvalue weighted by atomic mass is 19.1. The molecular formula is C20H22FNO4. The number of esters is 1. The fourth-order valence-corrected chi connectivity index (χ4v) is 2.11. The van der Waals surface area contributed by atoms with Gasteiger partial charge in [-0.1, -0.05) is 32.9 Å². The maximum Gasteiger partial charge on any atom is 0.344 e. The molecule has 6 heteroatoms. The maximum absolute atomic E-state index is 12.8. The molecule has 0 spiro atoms. The average molecular weight is 359 g/mol. The summed E-state index contributed by atoms with van der Waals surface area (Å²) in [5.41, 5.74) is 1.81. The Labute approximate surface area is 152 Å².